The lowest BCUT2D eigenvalue weighted by atomic mass is 10.1. The molecule has 4 nitrogen and oxygen atoms in total. The highest BCUT2D eigenvalue weighted by molar-refractivity contribution is 5.98. The Bertz CT molecular complexity index is 647. The molecule has 2 aliphatic heterocycles. The van der Waals surface area contributed by atoms with Crippen molar-refractivity contribution in [2.45, 2.75) is 37.9 Å². The summed E-state index contributed by atoms with van der Waals surface area (Å²) in [4.78, 5) is 27.9. The first kappa shape index (κ1) is 16.8. The number of amides is 2. The molecule has 0 saturated carbocycles. The summed E-state index contributed by atoms with van der Waals surface area (Å²) in [6.07, 6.45) is 1.35. The third-order valence-corrected chi connectivity index (χ3v) is 4.62. The molecule has 24 heavy (non-hydrogen) atoms. The molecule has 0 radical (unpaired) electrons. The van der Waals surface area contributed by atoms with Crippen molar-refractivity contribution in [3.8, 4) is 0 Å². The molecule has 0 bridgehead atoms. The van der Waals surface area contributed by atoms with E-state index in [1.807, 2.05) is 0 Å². The number of nitrogens with zero attached hydrogens (tertiary/aromatic N) is 2. The highest BCUT2D eigenvalue weighted by atomic mass is 19.1. The maximum atomic E-state index is 13.9. The Morgan fingerprint density at radius 3 is 2.50 bits per heavy atom. The van der Waals surface area contributed by atoms with Crippen LogP contribution in [0.5, 0.6) is 0 Å². The van der Waals surface area contributed by atoms with Crippen molar-refractivity contribution in [1.29, 1.82) is 0 Å². The normalized spacial score (nSPS) is 24.3. The van der Waals surface area contributed by atoms with Gasteiger partial charge in [-0.15, -0.1) is 0 Å². The van der Waals surface area contributed by atoms with E-state index in [1.165, 1.54) is 0 Å². The molecule has 0 unspecified atom stereocenters. The standard InChI is InChI=1S/C17H19F3N2O2/c18-11-4-5-14(20)13(8-11)16(23)22-10-12(19)9-15(22)17(24)21-6-2-1-3-7-21/h4-5,8,12,15H,1-3,6-7,9-10H2/t12-,15-/m0/s1. The molecule has 130 valence electrons. The Morgan fingerprint density at radius 2 is 1.79 bits per heavy atom. The van der Waals surface area contributed by atoms with E-state index in [4.69, 9.17) is 0 Å². The van der Waals surface area contributed by atoms with E-state index >= 15 is 0 Å². The zero-order chi connectivity index (χ0) is 17.3. The summed E-state index contributed by atoms with van der Waals surface area (Å²) in [7, 11) is 0. The average Bonchev–Trinajstić information content (AvgIpc) is 2.98. The van der Waals surface area contributed by atoms with Crippen molar-refractivity contribution in [2.75, 3.05) is 19.6 Å². The second-order valence-corrected chi connectivity index (χ2v) is 6.32. The van der Waals surface area contributed by atoms with Crippen LogP contribution in [0, 0.1) is 11.6 Å². The quantitative estimate of drug-likeness (QED) is 0.830. The first-order valence-electron chi connectivity index (χ1n) is 8.16. The smallest absolute Gasteiger partial charge is 0.257 e. The van der Waals surface area contributed by atoms with Gasteiger partial charge in [0.05, 0.1) is 12.1 Å². The lowest BCUT2D eigenvalue weighted by Crippen LogP contribution is -2.49. The molecule has 2 saturated heterocycles. The minimum atomic E-state index is -1.34. The van der Waals surface area contributed by atoms with Gasteiger partial charge in [0.2, 0.25) is 5.91 Å². The summed E-state index contributed by atoms with van der Waals surface area (Å²) in [6.45, 7) is 0.893. The monoisotopic (exact) mass is 340 g/mol. The largest absolute Gasteiger partial charge is 0.341 e. The van der Waals surface area contributed by atoms with Gasteiger partial charge in [0.25, 0.3) is 5.91 Å². The summed E-state index contributed by atoms with van der Waals surface area (Å²) in [5.41, 5.74) is -0.472. The number of benzene rings is 1. The van der Waals surface area contributed by atoms with Crippen LogP contribution in [0.4, 0.5) is 13.2 Å². The molecule has 0 aliphatic carbocycles. The molecule has 7 heteroatoms. The third-order valence-electron chi connectivity index (χ3n) is 4.62. The number of piperidine rings is 1. The molecule has 2 heterocycles. The predicted molar refractivity (Wildman–Crippen MR) is 81.1 cm³/mol. The maximum absolute atomic E-state index is 13.9. The van der Waals surface area contributed by atoms with Crippen LogP contribution >= 0.6 is 0 Å². The second kappa shape index (κ2) is 6.83. The maximum Gasteiger partial charge on any atom is 0.257 e. The van der Waals surface area contributed by atoms with Crippen LogP contribution in [-0.4, -0.2) is 53.5 Å². The first-order chi connectivity index (χ1) is 11.5. The number of rotatable bonds is 2. The number of halogens is 3. The summed E-state index contributed by atoms with van der Waals surface area (Å²) in [5, 5.41) is 0. The fourth-order valence-electron chi connectivity index (χ4n) is 3.38. The minimum Gasteiger partial charge on any atom is -0.341 e. The zero-order valence-corrected chi connectivity index (χ0v) is 13.2. The Hall–Kier alpha value is -2.05. The van der Waals surface area contributed by atoms with Gasteiger partial charge in [-0.3, -0.25) is 9.59 Å². The number of carbonyl (C=O) groups excluding carboxylic acids is 2. The summed E-state index contributed by atoms with van der Waals surface area (Å²) >= 11 is 0. The van der Waals surface area contributed by atoms with Gasteiger partial charge < -0.3 is 9.80 Å². The molecule has 2 aliphatic rings. The fourth-order valence-corrected chi connectivity index (χ4v) is 3.38. The van der Waals surface area contributed by atoms with Crippen LogP contribution in [0.1, 0.15) is 36.0 Å². The van der Waals surface area contributed by atoms with E-state index in [2.05, 4.69) is 0 Å². The van der Waals surface area contributed by atoms with Gasteiger partial charge in [0.15, 0.2) is 0 Å². The Kier molecular flexibility index (Phi) is 4.78. The van der Waals surface area contributed by atoms with Gasteiger partial charge in [-0.2, -0.15) is 0 Å². The molecular weight excluding hydrogens is 321 g/mol. The van der Waals surface area contributed by atoms with Gasteiger partial charge in [-0.1, -0.05) is 0 Å². The number of hydrogen-bond donors (Lipinski definition) is 0. The summed E-state index contributed by atoms with van der Waals surface area (Å²) < 4.78 is 41.1. The lowest BCUT2D eigenvalue weighted by Gasteiger charge is -2.32. The van der Waals surface area contributed by atoms with Crippen LogP contribution in [-0.2, 0) is 4.79 Å². The van der Waals surface area contributed by atoms with Crippen LogP contribution in [0.3, 0.4) is 0 Å². The Labute approximate surface area is 138 Å². The third kappa shape index (κ3) is 3.25. The van der Waals surface area contributed by atoms with Gasteiger partial charge in [0.1, 0.15) is 23.8 Å². The summed E-state index contributed by atoms with van der Waals surface area (Å²) in [5.74, 6) is -2.79. The molecule has 0 N–H and O–H groups in total. The number of carbonyl (C=O) groups is 2. The highest BCUT2D eigenvalue weighted by Crippen LogP contribution is 2.26. The van der Waals surface area contributed by atoms with Crippen LogP contribution in [0.2, 0.25) is 0 Å². The van der Waals surface area contributed by atoms with Crippen LogP contribution < -0.4 is 0 Å². The van der Waals surface area contributed by atoms with Crippen molar-refractivity contribution < 1.29 is 22.8 Å². The van der Waals surface area contributed by atoms with Crippen molar-refractivity contribution in [1.82, 2.24) is 9.80 Å². The number of likely N-dealkylation sites (tertiary alicyclic amines) is 2. The van der Waals surface area contributed by atoms with Crippen LogP contribution in [0.25, 0.3) is 0 Å². The Balaban J connectivity index is 1.83. The van der Waals surface area contributed by atoms with Crippen molar-refractivity contribution in [3.63, 3.8) is 0 Å². The van der Waals surface area contributed by atoms with E-state index in [0.717, 1.165) is 42.4 Å². The van der Waals surface area contributed by atoms with E-state index in [-0.39, 0.29) is 18.9 Å². The molecule has 1 aromatic carbocycles. The predicted octanol–water partition coefficient (Wildman–Crippen LogP) is 2.53. The van der Waals surface area contributed by atoms with Gasteiger partial charge >= 0.3 is 0 Å². The number of alkyl halides is 1. The molecule has 3 rings (SSSR count). The molecule has 2 fully saturated rings. The van der Waals surface area contributed by atoms with Gasteiger partial charge in [-0.25, -0.2) is 13.2 Å². The molecule has 0 aromatic heterocycles. The molecular formula is C17H19F3N2O2. The number of hydrogen-bond acceptors (Lipinski definition) is 2. The van der Waals surface area contributed by atoms with Gasteiger partial charge in [-0.05, 0) is 37.5 Å². The van der Waals surface area contributed by atoms with Crippen LogP contribution in [0.15, 0.2) is 18.2 Å². The zero-order valence-electron chi connectivity index (χ0n) is 13.2. The molecule has 0 spiro atoms. The first-order valence-corrected chi connectivity index (χ1v) is 8.16. The van der Waals surface area contributed by atoms with Crippen molar-refractivity contribution in [2.24, 2.45) is 0 Å². The van der Waals surface area contributed by atoms with E-state index < -0.39 is 35.3 Å². The Morgan fingerprint density at radius 1 is 1.08 bits per heavy atom. The fraction of sp³-hybridized carbons (Fsp3) is 0.529. The van der Waals surface area contributed by atoms with Crippen molar-refractivity contribution in [3.05, 3.63) is 35.4 Å². The second-order valence-electron chi connectivity index (χ2n) is 6.32. The van der Waals surface area contributed by atoms with E-state index in [9.17, 15) is 22.8 Å². The van der Waals surface area contributed by atoms with E-state index in [0.29, 0.717) is 13.1 Å². The summed E-state index contributed by atoms with van der Waals surface area (Å²) in [6, 6.07) is 1.59. The average molecular weight is 340 g/mol. The SMILES string of the molecule is O=C([C@@H]1C[C@H](F)CN1C(=O)c1cc(F)ccc1F)N1CCCCC1. The molecule has 1 aromatic rings. The molecule has 2 amide bonds. The highest BCUT2D eigenvalue weighted by Gasteiger charge is 2.42. The van der Waals surface area contributed by atoms with Crippen molar-refractivity contribution >= 4 is 11.8 Å². The minimum absolute atomic E-state index is 0.0992. The topological polar surface area (TPSA) is 40.6 Å². The van der Waals surface area contributed by atoms with Gasteiger partial charge in [0, 0.05) is 19.5 Å². The van der Waals surface area contributed by atoms with E-state index in [1.54, 1.807) is 4.90 Å². The molecule has 2 atom stereocenters. The lowest BCUT2D eigenvalue weighted by molar-refractivity contribution is -0.136.